The number of anilines is 1. The Bertz CT molecular complexity index is 520. The third-order valence-corrected chi connectivity index (χ3v) is 5.87. The lowest BCUT2D eigenvalue weighted by molar-refractivity contribution is 0.0187. The Hall–Kier alpha value is -0.770. The van der Waals surface area contributed by atoms with E-state index in [-0.39, 0.29) is 0 Å². The molecule has 3 aliphatic rings. The van der Waals surface area contributed by atoms with E-state index in [1.165, 1.54) is 50.0 Å². The molecule has 0 aromatic heterocycles. The van der Waals surface area contributed by atoms with Gasteiger partial charge in [0, 0.05) is 41.9 Å². The number of piperidine rings is 1. The van der Waals surface area contributed by atoms with Crippen LogP contribution in [-0.4, -0.2) is 43.8 Å². The smallest absolute Gasteiger partial charge is 0.0480 e. The molecule has 1 spiro atoms. The van der Waals surface area contributed by atoms with Crippen molar-refractivity contribution >= 4 is 17.3 Å². The molecular weight excluding hydrogens is 284 g/mol. The van der Waals surface area contributed by atoms with E-state index in [2.05, 4.69) is 22.3 Å². The summed E-state index contributed by atoms with van der Waals surface area (Å²) in [7, 11) is 0. The summed E-state index contributed by atoms with van der Waals surface area (Å²) < 4.78 is 5.49. The fourth-order valence-corrected chi connectivity index (χ4v) is 4.45. The van der Waals surface area contributed by atoms with Gasteiger partial charge in [-0.25, -0.2) is 0 Å². The summed E-state index contributed by atoms with van der Waals surface area (Å²) in [5.74, 6) is 0. The Morgan fingerprint density at radius 1 is 1.19 bits per heavy atom. The van der Waals surface area contributed by atoms with E-state index < -0.39 is 0 Å². The number of rotatable bonds is 1. The average Bonchev–Trinajstić information content (AvgIpc) is 2.87. The number of benzene rings is 1. The highest BCUT2D eigenvalue weighted by atomic mass is 35.5. The van der Waals surface area contributed by atoms with Gasteiger partial charge in [-0.15, -0.1) is 0 Å². The Kier molecular flexibility index (Phi) is 3.60. The van der Waals surface area contributed by atoms with Crippen molar-refractivity contribution in [1.82, 2.24) is 4.90 Å². The van der Waals surface area contributed by atoms with Gasteiger partial charge in [0.15, 0.2) is 0 Å². The number of hydrogen-bond acceptors (Lipinski definition) is 3. The molecule has 1 aromatic rings. The van der Waals surface area contributed by atoms with E-state index >= 15 is 0 Å². The molecule has 0 atom stereocenters. The SMILES string of the molecule is Clc1ccc2c(c1)C1(CCN(C3CCOCC3)CC1)CN2. The maximum atomic E-state index is 6.22. The van der Waals surface area contributed by atoms with Gasteiger partial charge < -0.3 is 15.0 Å². The number of ether oxygens (including phenoxy) is 1. The van der Waals surface area contributed by atoms with Crippen LogP contribution in [0.4, 0.5) is 5.69 Å². The zero-order valence-corrected chi connectivity index (χ0v) is 13.2. The minimum absolute atomic E-state index is 0.307. The maximum Gasteiger partial charge on any atom is 0.0480 e. The number of fused-ring (bicyclic) bond motifs is 2. The molecule has 2 fully saturated rings. The summed E-state index contributed by atoms with van der Waals surface area (Å²) >= 11 is 6.22. The monoisotopic (exact) mass is 306 g/mol. The molecule has 114 valence electrons. The van der Waals surface area contributed by atoms with Gasteiger partial charge >= 0.3 is 0 Å². The van der Waals surface area contributed by atoms with Crippen molar-refractivity contribution in [2.75, 3.05) is 38.2 Å². The molecule has 0 aliphatic carbocycles. The lowest BCUT2D eigenvalue weighted by Gasteiger charge is -2.43. The Balaban J connectivity index is 1.49. The van der Waals surface area contributed by atoms with E-state index in [1.54, 1.807) is 0 Å². The number of nitrogens with one attached hydrogen (secondary N) is 1. The predicted octanol–water partition coefficient (Wildman–Crippen LogP) is 3.28. The van der Waals surface area contributed by atoms with Crippen molar-refractivity contribution in [3.63, 3.8) is 0 Å². The molecule has 0 radical (unpaired) electrons. The van der Waals surface area contributed by atoms with Gasteiger partial charge in [-0.3, -0.25) is 0 Å². The van der Waals surface area contributed by atoms with Gasteiger partial charge in [0.1, 0.15) is 0 Å². The van der Waals surface area contributed by atoms with Crippen molar-refractivity contribution in [2.45, 2.75) is 37.1 Å². The van der Waals surface area contributed by atoms with E-state index in [4.69, 9.17) is 16.3 Å². The highest BCUT2D eigenvalue weighted by molar-refractivity contribution is 6.30. The molecule has 4 heteroatoms. The topological polar surface area (TPSA) is 24.5 Å². The van der Waals surface area contributed by atoms with Crippen LogP contribution >= 0.6 is 11.6 Å². The first-order valence-electron chi connectivity index (χ1n) is 8.13. The van der Waals surface area contributed by atoms with Gasteiger partial charge in [-0.05, 0) is 62.5 Å². The third kappa shape index (κ3) is 2.45. The van der Waals surface area contributed by atoms with Crippen molar-refractivity contribution in [3.05, 3.63) is 28.8 Å². The second kappa shape index (κ2) is 5.45. The third-order valence-electron chi connectivity index (χ3n) is 5.63. The molecule has 0 saturated carbocycles. The lowest BCUT2D eigenvalue weighted by Crippen LogP contribution is -2.49. The summed E-state index contributed by atoms with van der Waals surface area (Å²) in [4.78, 5) is 2.69. The number of halogens is 1. The molecule has 1 N–H and O–H groups in total. The van der Waals surface area contributed by atoms with E-state index in [0.29, 0.717) is 5.41 Å². The molecular formula is C17H23ClN2O. The summed E-state index contributed by atoms with van der Waals surface area (Å²) in [6, 6.07) is 7.05. The Labute approximate surface area is 131 Å². The molecule has 0 bridgehead atoms. The summed E-state index contributed by atoms with van der Waals surface area (Å²) in [6.07, 6.45) is 4.89. The highest BCUT2D eigenvalue weighted by Crippen LogP contribution is 2.45. The van der Waals surface area contributed by atoms with Crippen LogP contribution < -0.4 is 5.32 Å². The summed E-state index contributed by atoms with van der Waals surface area (Å²) in [5.41, 5.74) is 3.04. The fourth-order valence-electron chi connectivity index (χ4n) is 4.28. The highest BCUT2D eigenvalue weighted by Gasteiger charge is 2.42. The minimum atomic E-state index is 0.307. The first-order chi connectivity index (χ1) is 10.3. The van der Waals surface area contributed by atoms with Crippen LogP contribution in [0.15, 0.2) is 18.2 Å². The second-order valence-electron chi connectivity index (χ2n) is 6.70. The lowest BCUT2D eigenvalue weighted by atomic mass is 9.74. The van der Waals surface area contributed by atoms with E-state index in [1.807, 2.05) is 6.07 Å². The summed E-state index contributed by atoms with van der Waals surface area (Å²) in [6.45, 7) is 5.36. The van der Waals surface area contributed by atoms with Crippen LogP contribution in [-0.2, 0) is 10.2 Å². The molecule has 21 heavy (non-hydrogen) atoms. The zero-order chi connectivity index (χ0) is 14.3. The quantitative estimate of drug-likeness (QED) is 0.862. The zero-order valence-electron chi connectivity index (χ0n) is 12.4. The predicted molar refractivity (Wildman–Crippen MR) is 86.3 cm³/mol. The molecule has 3 heterocycles. The normalized spacial score (nSPS) is 25.8. The fraction of sp³-hybridized carbons (Fsp3) is 0.647. The Morgan fingerprint density at radius 2 is 1.95 bits per heavy atom. The van der Waals surface area contributed by atoms with Crippen molar-refractivity contribution in [3.8, 4) is 0 Å². The minimum Gasteiger partial charge on any atom is -0.384 e. The van der Waals surface area contributed by atoms with Gasteiger partial charge in [0.2, 0.25) is 0 Å². The van der Waals surface area contributed by atoms with Gasteiger partial charge in [0.25, 0.3) is 0 Å². The second-order valence-corrected chi connectivity index (χ2v) is 7.14. The van der Waals surface area contributed by atoms with E-state index in [0.717, 1.165) is 30.8 Å². The maximum absolute atomic E-state index is 6.22. The van der Waals surface area contributed by atoms with Crippen molar-refractivity contribution in [1.29, 1.82) is 0 Å². The number of likely N-dealkylation sites (tertiary alicyclic amines) is 1. The molecule has 4 rings (SSSR count). The van der Waals surface area contributed by atoms with Crippen LogP contribution in [0.25, 0.3) is 0 Å². The largest absolute Gasteiger partial charge is 0.384 e. The molecule has 0 amide bonds. The van der Waals surface area contributed by atoms with Gasteiger partial charge in [-0.1, -0.05) is 11.6 Å². The van der Waals surface area contributed by atoms with Crippen LogP contribution in [0.5, 0.6) is 0 Å². The molecule has 2 saturated heterocycles. The summed E-state index contributed by atoms with van der Waals surface area (Å²) in [5, 5.41) is 4.45. The van der Waals surface area contributed by atoms with Crippen LogP contribution in [0.2, 0.25) is 5.02 Å². The molecule has 1 aromatic carbocycles. The van der Waals surface area contributed by atoms with Crippen LogP contribution in [0, 0.1) is 0 Å². The molecule has 3 aliphatic heterocycles. The molecule has 3 nitrogen and oxygen atoms in total. The average molecular weight is 307 g/mol. The Morgan fingerprint density at radius 3 is 2.71 bits per heavy atom. The van der Waals surface area contributed by atoms with Gasteiger partial charge in [-0.2, -0.15) is 0 Å². The number of nitrogens with zero attached hydrogens (tertiary/aromatic N) is 1. The molecule has 0 unspecified atom stereocenters. The van der Waals surface area contributed by atoms with Gasteiger partial charge in [0.05, 0.1) is 0 Å². The van der Waals surface area contributed by atoms with Crippen molar-refractivity contribution in [2.24, 2.45) is 0 Å². The van der Waals surface area contributed by atoms with Crippen LogP contribution in [0.3, 0.4) is 0 Å². The number of hydrogen-bond donors (Lipinski definition) is 1. The van der Waals surface area contributed by atoms with Crippen LogP contribution in [0.1, 0.15) is 31.2 Å². The van der Waals surface area contributed by atoms with E-state index in [9.17, 15) is 0 Å². The first kappa shape index (κ1) is 13.9. The van der Waals surface area contributed by atoms with Crippen molar-refractivity contribution < 1.29 is 4.74 Å². The first-order valence-corrected chi connectivity index (χ1v) is 8.50. The standard InChI is InChI=1S/C17H23ClN2O/c18-13-1-2-16-15(11-13)17(12-19-16)5-7-20(8-6-17)14-3-9-21-10-4-14/h1-2,11,14,19H,3-10,12H2.